The lowest BCUT2D eigenvalue weighted by atomic mass is 10.1. The van der Waals surface area contributed by atoms with Crippen LogP contribution in [-0.2, 0) is 6.54 Å². The number of allylic oxidation sites excluding steroid dienone is 1. The van der Waals surface area contributed by atoms with E-state index in [1.165, 1.54) is 34.8 Å². The Kier molecular flexibility index (Phi) is 4.85. The lowest BCUT2D eigenvalue weighted by molar-refractivity contribution is 0.676. The maximum absolute atomic E-state index is 3.50. The van der Waals surface area contributed by atoms with Gasteiger partial charge in [0.05, 0.1) is 0 Å². The molecular formula is C14H18IN. The van der Waals surface area contributed by atoms with Crippen LogP contribution in [0.25, 0.3) is 0 Å². The third kappa shape index (κ3) is 3.91. The van der Waals surface area contributed by atoms with Crippen molar-refractivity contribution in [2.45, 2.75) is 32.2 Å². The summed E-state index contributed by atoms with van der Waals surface area (Å²) in [7, 11) is 0. The maximum atomic E-state index is 3.50. The molecule has 1 N–H and O–H groups in total. The van der Waals surface area contributed by atoms with Gasteiger partial charge in [-0.15, -0.1) is 0 Å². The zero-order valence-electron chi connectivity index (χ0n) is 9.51. The zero-order valence-corrected chi connectivity index (χ0v) is 11.7. The number of nitrogens with one attached hydrogen (secondary N) is 1. The fourth-order valence-corrected chi connectivity index (χ4v) is 2.41. The molecule has 0 spiro atoms. The van der Waals surface area contributed by atoms with E-state index in [9.17, 15) is 0 Å². The third-order valence-corrected chi connectivity index (χ3v) is 3.72. The van der Waals surface area contributed by atoms with E-state index < -0.39 is 0 Å². The Morgan fingerprint density at radius 2 is 2.00 bits per heavy atom. The number of hydrogen-bond donors (Lipinski definition) is 1. The van der Waals surface area contributed by atoms with Crippen LogP contribution in [0.5, 0.6) is 0 Å². The molecule has 86 valence electrons. The monoisotopic (exact) mass is 327 g/mol. The van der Waals surface area contributed by atoms with Gasteiger partial charge < -0.3 is 5.32 Å². The zero-order chi connectivity index (χ0) is 11.2. The smallest absolute Gasteiger partial charge is 0.0205 e. The highest BCUT2D eigenvalue weighted by molar-refractivity contribution is 14.1. The average Bonchev–Trinajstić information content (AvgIpc) is 2.80. The Labute approximate surface area is 111 Å². The first kappa shape index (κ1) is 12.1. The Bertz CT molecular complexity index is 354. The molecule has 0 atom stereocenters. The normalized spacial score (nSPS) is 15.2. The first-order chi connectivity index (χ1) is 7.84. The van der Waals surface area contributed by atoms with Gasteiger partial charge in [0.25, 0.3) is 0 Å². The minimum Gasteiger partial charge on any atom is -0.312 e. The fourth-order valence-electron chi connectivity index (χ4n) is 2.05. The van der Waals surface area contributed by atoms with Crippen molar-refractivity contribution in [3.8, 4) is 0 Å². The molecule has 0 unspecified atom stereocenters. The molecular weight excluding hydrogens is 309 g/mol. The van der Waals surface area contributed by atoms with Gasteiger partial charge in [0.2, 0.25) is 0 Å². The van der Waals surface area contributed by atoms with E-state index in [2.05, 4.69) is 58.2 Å². The van der Waals surface area contributed by atoms with Crippen LogP contribution in [0.3, 0.4) is 0 Å². The van der Waals surface area contributed by atoms with Crippen molar-refractivity contribution in [2.24, 2.45) is 0 Å². The van der Waals surface area contributed by atoms with E-state index >= 15 is 0 Å². The molecule has 0 saturated heterocycles. The van der Waals surface area contributed by atoms with E-state index in [-0.39, 0.29) is 0 Å². The molecule has 16 heavy (non-hydrogen) atoms. The minimum atomic E-state index is 0.990. The molecule has 2 heteroatoms. The van der Waals surface area contributed by atoms with Crippen molar-refractivity contribution in [3.05, 3.63) is 45.0 Å². The van der Waals surface area contributed by atoms with E-state index in [1.54, 1.807) is 5.57 Å². The summed E-state index contributed by atoms with van der Waals surface area (Å²) in [6.07, 6.45) is 7.63. The number of hydrogen-bond acceptors (Lipinski definition) is 1. The SMILES string of the molecule is Ic1ccc(CNCCC2=CCCC2)cc1. The van der Waals surface area contributed by atoms with Gasteiger partial charge >= 0.3 is 0 Å². The molecule has 0 saturated carbocycles. The quantitative estimate of drug-likeness (QED) is 0.492. The van der Waals surface area contributed by atoms with E-state index in [4.69, 9.17) is 0 Å². The molecule has 1 aliphatic rings. The lowest BCUT2D eigenvalue weighted by Gasteiger charge is -2.05. The largest absolute Gasteiger partial charge is 0.312 e. The Balaban J connectivity index is 1.66. The van der Waals surface area contributed by atoms with Crippen molar-refractivity contribution < 1.29 is 0 Å². The minimum absolute atomic E-state index is 0.990. The van der Waals surface area contributed by atoms with Crippen molar-refractivity contribution in [3.63, 3.8) is 0 Å². The molecule has 0 aliphatic heterocycles. The van der Waals surface area contributed by atoms with Crippen molar-refractivity contribution in [2.75, 3.05) is 6.54 Å². The van der Waals surface area contributed by atoms with Crippen molar-refractivity contribution in [1.29, 1.82) is 0 Å². The summed E-state index contributed by atoms with van der Waals surface area (Å²) in [5.74, 6) is 0. The van der Waals surface area contributed by atoms with Crippen LogP contribution in [0.1, 0.15) is 31.2 Å². The summed E-state index contributed by atoms with van der Waals surface area (Å²) in [6, 6.07) is 8.72. The molecule has 0 radical (unpaired) electrons. The van der Waals surface area contributed by atoms with Crippen LogP contribution in [-0.4, -0.2) is 6.54 Å². The summed E-state index contributed by atoms with van der Waals surface area (Å²) in [6.45, 7) is 2.10. The van der Waals surface area contributed by atoms with Gasteiger partial charge in [-0.05, 0) is 72.5 Å². The van der Waals surface area contributed by atoms with E-state index in [1.807, 2.05) is 0 Å². The first-order valence-corrected chi connectivity index (χ1v) is 7.05. The summed E-state index contributed by atoms with van der Waals surface area (Å²) < 4.78 is 1.30. The average molecular weight is 327 g/mol. The molecule has 1 aliphatic carbocycles. The van der Waals surface area contributed by atoms with Crippen molar-refractivity contribution >= 4 is 22.6 Å². The topological polar surface area (TPSA) is 12.0 Å². The van der Waals surface area contributed by atoms with Crippen LogP contribution < -0.4 is 5.32 Å². The summed E-state index contributed by atoms with van der Waals surface area (Å²) in [5, 5.41) is 3.50. The summed E-state index contributed by atoms with van der Waals surface area (Å²) >= 11 is 2.34. The van der Waals surface area contributed by atoms with Gasteiger partial charge in [-0.2, -0.15) is 0 Å². The second-order valence-corrected chi connectivity index (χ2v) is 5.55. The molecule has 2 rings (SSSR count). The molecule has 1 nitrogen and oxygen atoms in total. The van der Waals surface area contributed by atoms with Crippen LogP contribution in [0.2, 0.25) is 0 Å². The van der Waals surface area contributed by atoms with Gasteiger partial charge in [0.15, 0.2) is 0 Å². The highest BCUT2D eigenvalue weighted by atomic mass is 127. The lowest BCUT2D eigenvalue weighted by Crippen LogP contribution is -2.14. The predicted octanol–water partition coefficient (Wildman–Crippen LogP) is 3.88. The van der Waals surface area contributed by atoms with Crippen LogP contribution in [0.4, 0.5) is 0 Å². The number of halogens is 1. The Hall–Kier alpha value is -0.350. The summed E-state index contributed by atoms with van der Waals surface area (Å²) in [4.78, 5) is 0. The molecule has 0 aromatic heterocycles. The number of rotatable bonds is 5. The molecule has 0 amide bonds. The molecule has 1 aromatic carbocycles. The number of benzene rings is 1. The van der Waals surface area contributed by atoms with E-state index in [0.29, 0.717) is 0 Å². The fraction of sp³-hybridized carbons (Fsp3) is 0.429. The second-order valence-electron chi connectivity index (χ2n) is 4.31. The van der Waals surface area contributed by atoms with Gasteiger partial charge in [-0.25, -0.2) is 0 Å². The highest BCUT2D eigenvalue weighted by Crippen LogP contribution is 2.19. The van der Waals surface area contributed by atoms with Gasteiger partial charge in [-0.3, -0.25) is 0 Å². The summed E-state index contributed by atoms with van der Waals surface area (Å²) in [5.41, 5.74) is 3.02. The van der Waals surface area contributed by atoms with Crippen molar-refractivity contribution in [1.82, 2.24) is 5.32 Å². The van der Waals surface area contributed by atoms with Gasteiger partial charge in [0, 0.05) is 10.1 Å². The Morgan fingerprint density at radius 1 is 1.19 bits per heavy atom. The molecule has 0 heterocycles. The molecule has 1 aromatic rings. The van der Waals surface area contributed by atoms with Gasteiger partial charge in [-0.1, -0.05) is 23.8 Å². The molecule has 0 fully saturated rings. The Morgan fingerprint density at radius 3 is 2.69 bits per heavy atom. The first-order valence-electron chi connectivity index (χ1n) is 5.98. The predicted molar refractivity (Wildman–Crippen MR) is 77.4 cm³/mol. The van der Waals surface area contributed by atoms with Gasteiger partial charge in [0.1, 0.15) is 0 Å². The molecule has 0 bridgehead atoms. The standard InChI is InChI=1S/C14H18IN/c15-14-7-5-13(6-8-14)11-16-10-9-12-3-1-2-4-12/h3,5-8,16H,1-2,4,9-11H2. The third-order valence-electron chi connectivity index (χ3n) is 3.00. The maximum Gasteiger partial charge on any atom is 0.0205 e. The highest BCUT2D eigenvalue weighted by Gasteiger charge is 2.03. The second kappa shape index (κ2) is 6.40. The van der Waals surface area contributed by atoms with Crippen LogP contribution >= 0.6 is 22.6 Å². The van der Waals surface area contributed by atoms with E-state index in [0.717, 1.165) is 13.1 Å². The van der Waals surface area contributed by atoms with Crippen LogP contribution in [0, 0.1) is 3.57 Å². The van der Waals surface area contributed by atoms with Crippen LogP contribution in [0.15, 0.2) is 35.9 Å².